The molecule has 0 radical (unpaired) electrons. The molecule has 0 aromatic heterocycles. The lowest BCUT2D eigenvalue weighted by molar-refractivity contribution is -0.129. The van der Waals surface area contributed by atoms with Crippen molar-refractivity contribution in [2.75, 3.05) is 32.5 Å². The number of carbonyl (C=O) groups excluding carboxylic acids is 2. The smallest absolute Gasteiger partial charge is 0.319 e. The number of benzene rings is 1. The van der Waals surface area contributed by atoms with Crippen molar-refractivity contribution in [2.45, 2.75) is 45.2 Å². The van der Waals surface area contributed by atoms with Gasteiger partial charge in [0.15, 0.2) is 0 Å². The summed E-state index contributed by atoms with van der Waals surface area (Å²) in [6, 6.07) is 7.45. The first-order valence-electron chi connectivity index (χ1n) is 8.92. The molecule has 1 aromatic rings. The molecule has 1 aromatic carbocycles. The maximum Gasteiger partial charge on any atom is 0.319 e. The van der Waals surface area contributed by atoms with E-state index in [1.807, 2.05) is 45.3 Å². The molecule has 1 fully saturated rings. The highest BCUT2D eigenvalue weighted by Crippen LogP contribution is 2.32. The summed E-state index contributed by atoms with van der Waals surface area (Å²) in [5.74, 6) is 0.0289. The van der Waals surface area contributed by atoms with Gasteiger partial charge in [0.25, 0.3) is 0 Å². The van der Waals surface area contributed by atoms with Crippen molar-refractivity contribution in [3.05, 3.63) is 29.8 Å². The van der Waals surface area contributed by atoms with Crippen LogP contribution in [0.3, 0.4) is 0 Å². The van der Waals surface area contributed by atoms with Crippen LogP contribution in [0.15, 0.2) is 24.3 Å². The molecule has 1 aliphatic rings. The van der Waals surface area contributed by atoms with Crippen molar-refractivity contribution in [1.29, 1.82) is 0 Å². The summed E-state index contributed by atoms with van der Waals surface area (Å²) in [5, 5.41) is 6.12. The average Bonchev–Trinajstić information content (AvgIpc) is 2.51. The summed E-state index contributed by atoms with van der Waals surface area (Å²) in [4.78, 5) is 28.1. The molecule has 6 nitrogen and oxygen atoms in total. The Morgan fingerprint density at radius 1 is 1.20 bits per heavy atom. The summed E-state index contributed by atoms with van der Waals surface area (Å²) in [6.45, 7) is 5.49. The lowest BCUT2D eigenvalue weighted by atomic mass is 9.76. The van der Waals surface area contributed by atoms with Crippen molar-refractivity contribution in [3.8, 4) is 0 Å². The molecule has 1 saturated carbocycles. The second-order valence-electron chi connectivity index (χ2n) is 7.14. The molecule has 0 atom stereocenters. The summed E-state index contributed by atoms with van der Waals surface area (Å²) in [6.07, 6.45) is 3.16. The molecule has 138 valence electrons. The fourth-order valence-corrected chi connectivity index (χ4v) is 3.36. The Bertz CT molecular complexity index is 611. The van der Waals surface area contributed by atoms with Gasteiger partial charge in [-0.15, -0.1) is 0 Å². The predicted molar refractivity (Wildman–Crippen MR) is 100 cm³/mol. The van der Waals surface area contributed by atoms with Gasteiger partial charge >= 0.3 is 6.03 Å². The van der Waals surface area contributed by atoms with E-state index in [1.165, 1.54) is 0 Å². The van der Waals surface area contributed by atoms with Crippen LogP contribution in [0.5, 0.6) is 0 Å². The number of amides is 3. The molecule has 0 spiro atoms. The normalized spacial score (nSPS) is 15.4. The largest absolute Gasteiger partial charge is 0.339 e. The van der Waals surface area contributed by atoms with Gasteiger partial charge in [-0.1, -0.05) is 18.2 Å². The number of hydrogen-bond acceptors (Lipinski definition) is 3. The Morgan fingerprint density at radius 3 is 2.40 bits per heavy atom. The van der Waals surface area contributed by atoms with Gasteiger partial charge in [0.05, 0.1) is 5.54 Å². The maximum absolute atomic E-state index is 12.5. The van der Waals surface area contributed by atoms with Crippen molar-refractivity contribution >= 4 is 17.6 Å². The summed E-state index contributed by atoms with van der Waals surface area (Å²) < 4.78 is 0. The van der Waals surface area contributed by atoms with Crippen molar-refractivity contribution in [3.63, 3.8) is 0 Å². The van der Waals surface area contributed by atoms with Crippen LogP contribution >= 0.6 is 0 Å². The zero-order valence-corrected chi connectivity index (χ0v) is 15.8. The molecule has 0 heterocycles. The first-order chi connectivity index (χ1) is 11.8. The number of rotatable bonds is 7. The first-order valence-corrected chi connectivity index (χ1v) is 8.92. The quantitative estimate of drug-likeness (QED) is 0.798. The third kappa shape index (κ3) is 5.19. The maximum atomic E-state index is 12.5. The van der Waals surface area contributed by atoms with Gasteiger partial charge in [-0.05, 0) is 51.9 Å². The Labute approximate surface area is 150 Å². The number of likely N-dealkylation sites (N-methyl/N-ethyl adjacent to an activating group) is 1. The van der Waals surface area contributed by atoms with E-state index in [1.54, 1.807) is 11.8 Å². The van der Waals surface area contributed by atoms with E-state index >= 15 is 0 Å². The molecule has 0 saturated heterocycles. The molecule has 2 N–H and O–H groups in total. The Morgan fingerprint density at radius 2 is 1.88 bits per heavy atom. The SMILES string of the molecule is CCN(Cc1ccccc1NC(=O)NC1(CN(C)C)CCC1)C(C)=O. The minimum atomic E-state index is -0.181. The van der Waals surface area contributed by atoms with Crippen LogP contribution in [0, 0.1) is 0 Å². The fourth-order valence-electron chi connectivity index (χ4n) is 3.36. The van der Waals surface area contributed by atoms with E-state index in [-0.39, 0.29) is 17.5 Å². The van der Waals surface area contributed by atoms with Gasteiger partial charge in [-0.3, -0.25) is 4.79 Å². The average molecular weight is 346 g/mol. The third-order valence-corrected chi connectivity index (χ3v) is 4.76. The van der Waals surface area contributed by atoms with Gasteiger partial charge in [0.1, 0.15) is 0 Å². The molecular weight excluding hydrogens is 316 g/mol. The lowest BCUT2D eigenvalue weighted by Crippen LogP contribution is -2.59. The van der Waals surface area contributed by atoms with Gasteiger partial charge in [0.2, 0.25) is 5.91 Å². The monoisotopic (exact) mass is 346 g/mol. The van der Waals surface area contributed by atoms with Crippen LogP contribution in [-0.4, -0.2) is 54.5 Å². The zero-order chi connectivity index (χ0) is 18.4. The van der Waals surface area contributed by atoms with Crippen LogP contribution in [0.4, 0.5) is 10.5 Å². The molecular formula is C19H30N4O2. The molecule has 3 amide bonds. The van der Waals surface area contributed by atoms with E-state index in [9.17, 15) is 9.59 Å². The van der Waals surface area contributed by atoms with Crippen LogP contribution in [-0.2, 0) is 11.3 Å². The molecule has 6 heteroatoms. The highest BCUT2D eigenvalue weighted by atomic mass is 16.2. The van der Waals surface area contributed by atoms with Crippen LogP contribution in [0.1, 0.15) is 38.7 Å². The highest BCUT2D eigenvalue weighted by Gasteiger charge is 2.38. The number of hydrogen-bond donors (Lipinski definition) is 2. The van der Waals surface area contributed by atoms with Crippen LogP contribution < -0.4 is 10.6 Å². The second kappa shape index (κ2) is 8.34. The number of carbonyl (C=O) groups is 2. The zero-order valence-electron chi connectivity index (χ0n) is 15.8. The van der Waals surface area contributed by atoms with E-state index in [4.69, 9.17) is 0 Å². The molecule has 2 rings (SSSR count). The molecule has 0 bridgehead atoms. The number of nitrogens with zero attached hydrogens (tertiary/aromatic N) is 2. The van der Waals surface area contributed by atoms with Crippen LogP contribution in [0.2, 0.25) is 0 Å². The number of urea groups is 1. The predicted octanol–water partition coefficient (Wildman–Crippen LogP) is 2.66. The van der Waals surface area contributed by atoms with Gasteiger partial charge in [0, 0.05) is 32.2 Å². The fraction of sp³-hybridized carbons (Fsp3) is 0.579. The van der Waals surface area contributed by atoms with Crippen LogP contribution in [0.25, 0.3) is 0 Å². The molecule has 0 unspecified atom stereocenters. The van der Waals surface area contributed by atoms with Gasteiger partial charge in [-0.2, -0.15) is 0 Å². The van der Waals surface area contributed by atoms with Crippen molar-refractivity contribution in [1.82, 2.24) is 15.1 Å². The Hall–Kier alpha value is -2.08. The lowest BCUT2D eigenvalue weighted by Gasteiger charge is -2.44. The number of nitrogens with one attached hydrogen (secondary N) is 2. The van der Waals surface area contributed by atoms with E-state index < -0.39 is 0 Å². The molecule has 0 aliphatic heterocycles. The van der Waals surface area contributed by atoms with Gasteiger partial charge < -0.3 is 20.4 Å². The summed E-state index contributed by atoms with van der Waals surface area (Å²) >= 11 is 0. The second-order valence-corrected chi connectivity index (χ2v) is 7.14. The Kier molecular flexibility index (Phi) is 6.42. The molecule has 1 aliphatic carbocycles. The number of anilines is 1. The van der Waals surface area contributed by atoms with Crippen molar-refractivity contribution in [2.24, 2.45) is 0 Å². The highest BCUT2D eigenvalue weighted by molar-refractivity contribution is 5.90. The molecule has 25 heavy (non-hydrogen) atoms. The number of para-hydroxylation sites is 1. The Balaban J connectivity index is 2.04. The standard InChI is InChI=1S/C19H30N4O2/c1-5-23(15(2)24)13-16-9-6-7-10-17(16)20-18(25)21-19(11-8-12-19)14-22(3)4/h6-7,9-10H,5,8,11-14H2,1-4H3,(H2,20,21,25). The van der Waals surface area contributed by atoms with E-state index in [2.05, 4.69) is 15.5 Å². The van der Waals surface area contributed by atoms with E-state index in [0.29, 0.717) is 13.1 Å². The minimum absolute atomic E-state index is 0.0289. The van der Waals surface area contributed by atoms with E-state index in [0.717, 1.165) is 37.1 Å². The minimum Gasteiger partial charge on any atom is -0.339 e. The topological polar surface area (TPSA) is 64.7 Å². The third-order valence-electron chi connectivity index (χ3n) is 4.76. The summed E-state index contributed by atoms with van der Waals surface area (Å²) in [5.41, 5.74) is 1.56. The van der Waals surface area contributed by atoms with Gasteiger partial charge in [-0.25, -0.2) is 4.79 Å². The summed E-state index contributed by atoms with van der Waals surface area (Å²) in [7, 11) is 4.05. The van der Waals surface area contributed by atoms with Crippen molar-refractivity contribution < 1.29 is 9.59 Å². The first kappa shape index (κ1) is 19.2.